The third-order valence-electron chi connectivity index (χ3n) is 3.04. The van der Waals surface area contributed by atoms with E-state index in [0.29, 0.717) is 6.54 Å². The predicted molar refractivity (Wildman–Crippen MR) is 65.1 cm³/mol. The molecular formula is C12H25F3N2. The Hall–Kier alpha value is -0.290. The largest absolute Gasteiger partial charge is 0.401 e. The maximum atomic E-state index is 12.4. The Morgan fingerprint density at radius 3 is 2.12 bits per heavy atom. The van der Waals surface area contributed by atoms with Gasteiger partial charge in [-0.2, -0.15) is 13.2 Å². The van der Waals surface area contributed by atoms with Crippen molar-refractivity contribution < 1.29 is 13.2 Å². The van der Waals surface area contributed by atoms with Gasteiger partial charge in [0, 0.05) is 12.1 Å². The zero-order valence-electron chi connectivity index (χ0n) is 11.3. The van der Waals surface area contributed by atoms with Crippen LogP contribution in [0.5, 0.6) is 0 Å². The molecule has 5 heteroatoms. The van der Waals surface area contributed by atoms with Crippen LogP contribution in [0.1, 0.15) is 40.5 Å². The van der Waals surface area contributed by atoms with Crippen LogP contribution in [-0.2, 0) is 0 Å². The number of likely N-dealkylation sites (N-methyl/N-ethyl adjacent to an activating group) is 1. The van der Waals surface area contributed by atoms with Gasteiger partial charge in [-0.3, -0.25) is 4.90 Å². The van der Waals surface area contributed by atoms with E-state index in [1.165, 1.54) is 4.90 Å². The smallest absolute Gasteiger partial charge is 0.312 e. The monoisotopic (exact) mass is 254 g/mol. The highest BCUT2D eigenvalue weighted by atomic mass is 19.4. The second-order valence-electron chi connectivity index (χ2n) is 4.39. The van der Waals surface area contributed by atoms with Crippen molar-refractivity contribution in [3.8, 4) is 0 Å². The van der Waals surface area contributed by atoms with Gasteiger partial charge in [-0.15, -0.1) is 0 Å². The molecule has 2 unspecified atom stereocenters. The van der Waals surface area contributed by atoms with Crippen molar-refractivity contribution in [1.29, 1.82) is 0 Å². The van der Waals surface area contributed by atoms with Crippen LogP contribution in [0.2, 0.25) is 0 Å². The van der Waals surface area contributed by atoms with Crippen molar-refractivity contribution >= 4 is 0 Å². The Morgan fingerprint density at radius 1 is 1.18 bits per heavy atom. The van der Waals surface area contributed by atoms with Crippen molar-refractivity contribution in [2.45, 2.75) is 58.8 Å². The molecule has 0 radical (unpaired) electrons. The lowest BCUT2D eigenvalue weighted by Gasteiger charge is -2.34. The average Bonchev–Trinajstić information content (AvgIpc) is 2.25. The molecule has 0 fully saturated rings. The van der Waals surface area contributed by atoms with Gasteiger partial charge in [0.2, 0.25) is 0 Å². The van der Waals surface area contributed by atoms with Gasteiger partial charge < -0.3 is 5.32 Å². The second kappa shape index (κ2) is 7.93. The summed E-state index contributed by atoms with van der Waals surface area (Å²) >= 11 is 0. The molecule has 0 amide bonds. The van der Waals surface area contributed by atoms with Gasteiger partial charge in [-0.1, -0.05) is 20.8 Å². The van der Waals surface area contributed by atoms with Crippen molar-refractivity contribution in [3.05, 3.63) is 0 Å². The predicted octanol–water partition coefficient (Wildman–Crippen LogP) is 3.04. The summed E-state index contributed by atoms with van der Waals surface area (Å²) in [6.07, 6.45) is -2.28. The summed E-state index contributed by atoms with van der Waals surface area (Å²) in [7, 11) is 0. The minimum atomic E-state index is -4.12. The Bertz CT molecular complexity index is 195. The summed E-state index contributed by atoms with van der Waals surface area (Å²) in [5.41, 5.74) is 0. The number of nitrogens with zero attached hydrogens (tertiary/aromatic N) is 1. The number of hydrogen-bond donors (Lipinski definition) is 1. The van der Waals surface area contributed by atoms with Crippen LogP contribution < -0.4 is 5.32 Å². The zero-order chi connectivity index (χ0) is 13.5. The normalized spacial score (nSPS) is 16.2. The van der Waals surface area contributed by atoms with E-state index < -0.39 is 12.7 Å². The lowest BCUT2D eigenvalue weighted by atomic mass is 10.1. The van der Waals surface area contributed by atoms with Gasteiger partial charge >= 0.3 is 6.18 Å². The van der Waals surface area contributed by atoms with Gasteiger partial charge in [0.25, 0.3) is 0 Å². The molecule has 2 atom stereocenters. The molecule has 2 nitrogen and oxygen atoms in total. The summed E-state index contributed by atoms with van der Waals surface area (Å²) in [5.74, 6) is 0. The molecule has 0 bridgehead atoms. The molecule has 0 rings (SSSR count). The Morgan fingerprint density at radius 2 is 1.76 bits per heavy atom. The van der Waals surface area contributed by atoms with Crippen molar-refractivity contribution in [1.82, 2.24) is 10.2 Å². The fraction of sp³-hybridized carbons (Fsp3) is 1.00. The number of alkyl halides is 3. The van der Waals surface area contributed by atoms with Gasteiger partial charge in [-0.05, 0) is 32.9 Å². The first-order chi connectivity index (χ1) is 7.85. The number of nitrogens with one attached hydrogen (secondary N) is 1. The topological polar surface area (TPSA) is 15.3 Å². The molecule has 0 aromatic carbocycles. The molecule has 0 aromatic rings. The highest BCUT2D eigenvalue weighted by Crippen LogP contribution is 2.19. The average molecular weight is 254 g/mol. The standard InChI is InChI=1S/C12H25F3N2/c1-5-8-16-11(6-2)10(4)17(7-3)9-12(13,14)15/h10-11,16H,5-9H2,1-4H3. The van der Waals surface area contributed by atoms with Gasteiger partial charge in [0.1, 0.15) is 0 Å². The molecule has 104 valence electrons. The molecule has 0 heterocycles. The summed E-state index contributed by atoms with van der Waals surface area (Å²) in [6.45, 7) is 8.15. The van der Waals surface area contributed by atoms with E-state index in [9.17, 15) is 13.2 Å². The maximum absolute atomic E-state index is 12.4. The first-order valence-electron chi connectivity index (χ1n) is 6.39. The van der Waals surface area contributed by atoms with Crippen LogP contribution in [0, 0.1) is 0 Å². The summed E-state index contributed by atoms with van der Waals surface area (Å²) < 4.78 is 37.2. The first kappa shape index (κ1) is 16.7. The van der Waals surface area contributed by atoms with E-state index >= 15 is 0 Å². The van der Waals surface area contributed by atoms with Gasteiger partial charge in [0.05, 0.1) is 6.54 Å². The van der Waals surface area contributed by atoms with E-state index in [1.54, 1.807) is 6.92 Å². The molecule has 0 aromatic heterocycles. The van der Waals surface area contributed by atoms with Crippen molar-refractivity contribution in [3.63, 3.8) is 0 Å². The highest BCUT2D eigenvalue weighted by molar-refractivity contribution is 4.81. The van der Waals surface area contributed by atoms with E-state index in [4.69, 9.17) is 0 Å². The van der Waals surface area contributed by atoms with Crippen LogP contribution in [0.3, 0.4) is 0 Å². The maximum Gasteiger partial charge on any atom is 0.401 e. The molecule has 0 spiro atoms. The minimum Gasteiger partial charge on any atom is -0.312 e. The van der Waals surface area contributed by atoms with Crippen LogP contribution in [0.4, 0.5) is 13.2 Å². The Kier molecular flexibility index (Phi) is 7.79. The molecule has 0 aliphatic carbocycles. The lowest BCUT2D eigenvalue weighted by molar-refractivity contribution is -0.150. The number of rotatable bonds is 8. The second-order valence-corrected chi connectivity index (χ2v) is 4.39. The summed E-state index contributed by atoms with van der Waals surface area (Å²) in [5, 5.41) is 3.31. The quantitative estimate of drug-likeness (QED) is 0.716. The first-order valence-corrected chi connectivity index (χ1v) is 6.39. The zero-order valence-corrected chi connectivity index (χ0v) is 11.3. The van der Waals surface area contributed by atoms with Gasteiger partial charge in [-0.25, -0.2) is 0 Å². The number of hydrogen-bond acceptors (Lipinski definition) is 2. The molecule has 0 saturated heterocycles. The SMILES string of the molecule is CCCNC(CC)C(C)N(CC)CC(F)(F)F. The lowest BCUT2D eigenvalue weighted by Crippen LogP contribution is -2.51. The van der Waals surface area contributed by atoms with Crippen molar-refractivity contribution in [2.24, 2.45) is 0 Å². The summed E-state index contributed by atoms with van der Waals surface area (Å²) in [4.78, 5) is 1.48. The highest BCUT2D eigenvalue weighted by Gasteiger charge is 2.33. The molecule has 0 saturated carbocycles. The molecular weight excluding hydrogens is 229 g/mol. The van der Waals surface area contributed by atoms with Crippen LogP contribution in [0.25, 0.3) is 0 Å². The van der Waals surface area contributed by atoms with Crippen LogP contribution in [-0.4, -0.2) is 42.8 Å². The van der Waals surface area contributed by atoms with Crippen LogP contribution in [0.15, 0.2) is 0 Å². The third kappa shape index (κ3) is 6.88. The molecule has 0 aliphatic heterocycles. The summed E-state index contributed by atoms with van der Waals surface area (Å²) in [6, 6.07) is 0.0235. The van der Waals surface area contributed by atoms with E-state index in [-0.39, 0.29) is 12.1 Å². The van der Waals surface area contributed by atoms with Gasteiger partial charge in [0.15, 0.2) is 0 Å². The van der Waals surface area contributed by atoms with E-state index in [0.717, 1.165) is 19.4 Å². The number of halogens is 3. The Labute approximate surface area is 103 Å². The third-order valence-corrected chi connectivity index (χ3v) is 3.04. The fourth-order valence-electron chi connectivity index (χ4n) is 2.01. The molecule has 1 N–H and O–H groups in total. The van der Waals surface area contributed by atoms with Crippen LogP contribution >= 0.6 is 0 Å². The van der Waals surface area contributed by atoms with Crippen molar-refractivity contribution in [2.75, 3.05) is 19.6 Å². The minimum absolute atomic E-state index is 0.0989. The fourth-order valence-corrected chi connectivity index (χ4v) is 2.01. The molecule has 0 aliphatic rings. The van der Waals surface area contributed by atoms with E-state index in [2.05, 4.69) is 12.2 Å². The van der Waals surface area contributed by atoms with E-state index in [1.807, 2.05) is 13.8 Å². The molecule has 17 heavy (non-hydrogen) atoms. The Balaban J connectivity index is 4.42.